The zero-order chi connectivity index (χ0) is 5.28. The predicted octanol–water partition coefficient (Wildman–Crippen LogP) is 1.69. The van der Waals surface area contributed by atoms with Gasteiger partial charge in [-0.1, -0.05) is 0 Å². The van der Waals surface area contributed by atoms with Gasteiger partial charge in [0.15, 0.2) is 5.83 Å². The van der Waals surface area contributed by atoms with Gasteiger partial charge in [0, 0.05) is 0 Å². The summed E-state index contributed by atoms with van der Waals surface area (Å²) in [5.74, 6) is -0.180. The second-order valence-electron chi connectivity index (χ2n) is 1.18. The quantitative estimate of drug-likeness (QED) is 0.540. The van der Waals surface area contributed by atoms with Crippen LogP contribution in [-0.2, 0) is 0 Å². The fourth-order valence-corrected chi connectivity index (χ4v) is 0.783. The van der Waals surface area contributed by atoms with Crippen LogP contribution in [0.3, 0.4) is 0 Å². The van der Waals surface area contributed by atoms with E-state index < -0.39 is 0 Å². The number of hydrogen-bond acceptors (Lipinski definition) is 1. The third-order valence-corrected chi connectivity index (χ3v) is 1.55. The van der Waals surface area contributed by atoms with Gasteiger partial charge >= 0.3 is 0 Å². The summed E-state index contributed by atoms with van der Waals surface area (Å²) in [6.07, 6.45) is 1.46. The summed E-state index contributed by atoms with van der Waals surface area (Å²) < 4.78 is 12.5. The molecule has 0 atom stereocenters. The lowest BCUT2D eigenvalue weighted by Gasteiger charge is -1.77. The molecule has 0 aliphatic carbocycles. The van der Waals surface area contributed by atoms with Crippen LogP contribution in [0.25, 0.3) is 0 Å². The largest absolute Gasteiger partial charge is 0.272 e. The van der Waals surface area contributed by atoms with Crippen LogP contribution in [0.1, 0.15) is 0 Å². The highest BCUT2D eigenvalue weighted by Gasteiger charge is 2.04. The maximum Gasteiger partial charge on any atom is 0.152 e. The van der Waals surface area contributed by atoms with E-state index in [0.717, 1.165) is 0 Å². The van der Waals surface area contributed by atoms with E-state index in [9.17, 15) is 4.39 Å². The summed E-state index contributed by atoms with van der Waals surface area (Å²) in [7, 11) is 0. The van der Waals surface area contributed by atoms with Crippen LogP contribution in [-0.4, -0.2) is 10.3 Å². The normalized spacial score (nSPS) is 19.1. The van der Waals surface area contributed by atoms with Crippen LogP contribution in [0.5, 0.6) is 0 Å². The number of halogens is 2. The lowest BCUT2D eigenvalue weighted by atomic mass is 10.6. The van der Waals surface area contributed by atoms with Crippen molar-refractivity contribution in [3.8, 4) is 0 Å². The molecule has 0 radical (unpaired) electrons. The van der Waals surface area contributed by atoms with Gasteiger partial charge in [0.05, 0.1) is 6.54 Å². The fourth-order valence-electron chi connectivity index (χ4n) is 0.366. The average molecular weight is 211 g/mol. The zero-order valence-electron chi connectivity index (χ0n) is 3.49. The molecular formula is C4H3FIN. The molecule has 1 rings (SSSR count). The first-order valence-corrected chi connectivity index (χ1v) is 2.94. The summed E-state index contributed by atoms with van der Waals surface area (Å²) in [5, 5.41) is 0. The Balaban J connectivity index is 2.78. The maximum absolute atomic E-state index is 12.0. The minimum Gasteiger partial charge on any atom is -0.272 e. The second kappa shape index (κ2) is 1.90. The molecule has 1 aliphatic heterocycles. The molecule has 0 unspecified atom stereocenters. The van der Waals surface area contributed by atoms with E-state index >= 15 is 0 Å². The summed E-state index contributed by atoms with van der Waals surface area (Å²) in [6, 6.07) is 0. The van der Waals surface area contributed by atoms with Crippen LogP contribution in [0.2, 0.25) is 0 Å². The molecule has 0 aromatic rings. The highest BCUT2D eigenvalue weighted by atomic mass is 127. The van der Waals surface area contributed by atoms with Gasteiger partial charge in [-0.3, -0.25) is 4.99 Å². The van der Waals surface area contributed by atoms with Gasteiger partial charge in [0.2, 0.25) is 0 Å². The van der Waals surface area contributed by atoms with Gasteiger partial charge in [0.1, 0.15) is 3.72 Å². The van der Waals surface area contributed by atoms with Crippen LogP contribution in [0.4, 0.5) is 4.39 Å². The Morgan fingerprint density at radius 1 is 1.86 bits per heavy atom. The van der Waals surface area contributed by atoms with E-state index in [-0.39, 0.29) is 5.83 Å². The molecule has 0 saturated heterocycles. The summed E-state index contributed by atoms with van der Waals surface area (Å²) in [5.41, 5.74) is 0. The predicted molar refractivity (Wildman–Crippen MR) is 35.5 cm³/mol. The summed E-state index contributed by atoms with van der Waals surface area (Å²) >= 11 is 1.86. The fraction of sp³-hybridized carbons (Fsp3) is 0.250. The average Bonchev–Trinajstić information content (AvgIpc) is 1.91. The molecule has 1 aliphatic rings. The van der Waals surface area contributed by atoms with Crippen molar-refractivity contribution in [2.24, 2.45) is 4.99 Å². The zero-order valence-corrected chi connectivity index (χ0v) is 5.65. The lowest BCUT2D eigenvalue weighted by molar-refractivity contribution is 0.687. The molecule has 0 spiro atoms. The SMILES string of the molecule is FC1=CCN=C1I. The number of nitrogens with zero attached hydrogens (tertiary/aromatic N) is 1. The van der Waals surface area contributed by atoms with Crippen LogP contribution in [0.15, 0.2) is 16.9 Å². The van der Waals surface area contributed by atoms with Gasteiger partial charge in [0.25, 0.3) is 0 Å². The van der Waals surface area contributed by atoms with E-state index in [2.05, 4.69) is 4.99 Å². The smallest absolute Gasteiger partial charge is 0.152 e. The Morgan fingerprint density at radius 2 is 2.57 bits per heavy atom. The van der Waals surface area contributed by atoms with Gasteiger partial charge in [-0.15, -0.1) is 0 Å². The highest BCUT2D eigenvalue weighted by molar-refractivity contribution is 14.1. The van der Waals surface area contributed by atoms with Crippen molar-refractivity contribution in [2.45, 2.75) is 0 Å². The molecular weight excluding hydrogens is 208 g/mol. The van der Waals surface area contributed by atoms with E-state index in [1.165, 1.54) is 6.08 Å². The molecule has 38 valence electrons. The van der Waals surface area contributed by atoms with Crippen molar-refractivity contribution in [1.82, 2.24) is 0 Å². The Labute approximate surface area is 54.5 Å². The number of aliphatic imine (C=N–C) groups is 1. The Kier molecular flexibility index (Phi) is 1.41. The second-order valence-corrected chi connectivity index (χ2v) is 2.21. The molecule has 0 fully saturated rings. The summed E-state index contributed by atoms with van der Waals surface area (Å²) in [4.78, 5) is 3.75. The maximum atomic E-state index is 12.0. The molecule has 0 N–H and O–H groups in total. The van der Waals surface area contributed by atoms with E-state index in [1.807, 2.05) is 22.6 Å². The Hall–Kier alpha value is 0.0700. The molecule has 3 heteroatoms. The molecule has 0 bridgehead atoms. The molecule has 0 aromatic heterocycles. The third-order valence-electron chi connectivity index (χ3n) is 0.698. The van der Waals surface area contributed by atoms with Crippen LogP contribution >= 0.6 is 22.6 Å². The number of rotatable bonds is 0. The number of allylic oxidation sites excluding steroid dienone is 1. The van der Waals surface area contributed by atoms with Crippen LogP contribution in [0, 0.1) is 0 Å². The van der Waals surface area contributed by atoms with Gasteiger partial charge in [-0.05, 0) is 28.7 Å². The molecule has 1 heterocycles. The molecule has 1 nitrogen and oxygen atoms in total. The molecule has 7 heavy (non-hydrogen) atoms. The first-order chi connectivity index (χ1) is 3.30. The van der Waals surface area contributed by atoms with E-state index in [0.29, 0.717) is 10.3 Å². The van der Waals surface area contributed by atoms with E-state index in [1.54, 1.807) is 0 Å². The van der Waals surface area contributed by atoms with Crippen molar-refractivity contribution >= 4 is 26.3 Å². The first kappa shape index (κ1) is 5.21. The summed E-state index contributed by atoms with van der Waals surface area (Å²) in [6.45, 7) is 0.518. The Morgan fingerprint density at radius 3 is 2.71 bits per heavy atom. The highest BCUT2D eigenvalue weighted by Crippen LogP contribution is 2.11. The standard InChI is InChI=1S/C4H3FIN/c5-3-1-2-7-4(3)6/h1H,2H2. The van der Waals surface area contributed by atoms with Gasteiger partial charge < -0.3 is 0 Å². The van der Waals surface area contributed by atoms with Crippen LogP contribution < -0.4 is 0 Å². The number of hydrogen-bond donors (Lipinski definition) is 0. The first-order valence-electron chi connectivity index (χ1n) is 1.86. The molecule has 0 saturated carbocycles. The van der Waals surface area contributed by atoms with Crippen molar-refractivity contribution in [3.63, 3.8) is 0 Å². The minimum atomic E-state index is -0.180. The molecule has 0 amide bonds. The minimum absolute atomic E-state index is 0.180. The molecule has 0 aromatic carbocycles. The lowest BCUT2D eigenvalue weighted by Crippen LogP contribution is -1.76. The Bertz CT molecular complexity index is 123. The van der Waals surface area contributed by atoms with Crippen molar-refractivity contribution < 1.29 is 4.39 Å². The van der Waals surface area contributed by atoms with Gasteiger partial charge in [-0.2, -0.15) is 0 Å². The topological polar surface area (TPSA) is 12.4 Å². The third kappa shape index (κ3) is 0.992. The van der Waals surface area contributed by atoms with E-state index in [4.69, 9.17) is 0 Å². The van der Waals surface area contributed by atoms with Crippen molar-refractivity contribution in [1.29, 1.82) is 0 Å². The van der Waals surface area contributed by atoms with Crippen molar-refractivity contribution in [3.05, 3.63) is 11.9 Å². The van der Waals surface area contributed by atoms with Gasteiger partial charge in [-0.25, -0.2) is 4.39 Å². The monoisotopic (exact) mass is 211 g/mol. The van der Waals surface area contributed by atoms with Crippen molar-refractivity contribution in [2.75, 3.05) is 6.54 Å².